The van der Waals surface area contributed by atoms with Crippen molar-refractivity contribution in [1.29, 1.82) is 21.0 Å². The molecule has 4 nitrogen and oxygen atoms in total. The Bertz CT molecular complexity index is 686. The highest BCUT2D eigenvalue weighted by atomic mass is 14.4. The van der Waals surface area contributed by atoms with Gasteiger partial charge in [0.1, 0.15) is 23.6 Å². The lowest BCUT2D eigenvalue weighted by Crippen LogP contribution is -2.05. The summed E-state index contributed by atoms with van der Waals surface area (Å²) in [7, 11) is 0. The van der Waals surface area contributed by atoms with Crippen LogP contribution in [0.5, 0.6) is 0 Å². The second-order valence-corrected chi connectivity index (χ2v) is 4.21. The number of rotatable bonds is 1. The second-order valence-electron chi connectivity index (χ2n) is 4.21. The van der Waals surface area contributed by atoms with Gasteiger partial charge in [0.25, 0.3) is 0 Å². The van der Waals surface area contributed by atoms with Gasteiger partial charge in [0.2, 0.25) is 0 Å². The molecule has 0 N–H and O–H groups in total. The van der Waals surface area contributed by atoms with Gasteiger partial charge in [-0.3, -0.25) is 0 Å². The summed E-state index contributed by atoms with van der Waals surface area (Å²) in [5.41, 5.74) is 2.38. The normalized spacial score (nSPS) is 15.8. The molecule has 1 aromatic carbocycles. The molecule has 1 atom stereocenters. The van der Waals surface area contributed by atoms with E-state index in [1.54, 1.807) is 0 Å². The molecule has 1 aliphatic carbocycles. The van der Waals surface area contributed by atoms with Gasteiger partial charge < -0.3 is 0 Å². The molecule has 0 fully saturated rings. The second kappa shape index (κ2) is 5.05. The molecule has 19 heavy (non-hydrogen) atoms. The van der Waals surface area contributed by atoms with Crippen LogP contribution in [0, 0.1) is 51.2 Å². The van der Waals surface area contributed by atoms with Crippen LogP contribution >= 0.6 is 0 Å². The molecule has 1 unspecified atom stereocenters. The Morgan fingerprint density at radius 1 is 1.05 bits per heavy atom. The minimum absolute atomic E-state index is 0.0598. The van der Waals surface area contributed by atoms with Gasteiger partial charge in [0.15, 0.2) is 0 Å². The fourth-order valence-electron chi connectivity index (χ4n) is 2.44. The van der Waals surface area contributed by atoms with Crippen LogP contribution < -0.4 is 0 Å². The van der Waals surface area contributed by atoms with Crippen LogP contribution in [0.4, 0.5) is 0 Å². The van der Waals surface area contributed by atoms with E-state index in [0.29, 0.717) is 12.0 Å². The molecule has 0 saturated heterocycles. The minimum Gasteiger partial charge on any atom is -0.197 e. The molecule has 0 spiro atoms. The van der Waals surface area contributed by atoms with Crippen molar-refractivity contribution in [2.24, 2.45) is 5.92 Å². The molecule has 0 aromatic heterocycles. The van der Waals surface area contributed by atoms with E-state index in [1.165, 1.54) is 0 Å². The smallest absolute Gasteiger partial charge is 0.140 e. The molecule has 0 bridgehead atoms. The van der Waals surface area contributed by atoms with Crippen LogP contribution in [0.15, 0.2) is 29.8 Å². The Morgan fingerprint density at radius 2 is 1.68 bits per heavy atom. The molecule has 4 heteroatoms. The molecule has 88 valence electrons. The molecule has 0 heterocycles. The summed E-state index contributed by atoms with van der Waals surface area (Å²) >= 11 is 0. The zero-order valence-electron chi connectivity index (χ0n) is 9.96. The minimum atomic E-state index is -0.766. The van der Waals surface area contributed by atoms with Gasteiger partial charge in [-0.25, -0.2) is 0 Å². The molecular weight excluding hydrogens is 236 g/mol. The SMILES string of the molecule is N#CC(C#N)=C1CC(C(C#N)C#N)c2ccccc21. The zero-order chi connectivity index (χ0) is 13.8. The summed E-state index contributed by atoms with van der Waals surface area (Å²) in [4.78, 5) is 0. The average molecular weight is 244 g/mol. The molecule has 0 saturated carbocycles. The van der Waals surface area contributed by atoms with Crippen LogP contribution in [0.3, 0.4) is 0 Å². The number of nitriles is 4. The van der Waals surface area contributed by atoms with Gasteiger partial charge in [0, 0.05) is 5.92 Å². The molecule has 0 radical (unpaired) electrons. The molecule has 0 aliphatic heterocycles. The van der Waals surface area contributed by atoms with Gasteiger partial charge in [-0.15, -0.1) is 0 Å². The van der Waals surface area contributed by atoms with Crippen molar-refractivity contribution < 1.29 is 0 Å². The summed E-state index contributed by atoms with van der Waals surface area (Å²) < 4.78 is 0. The highest BCUT2D eigenvalue weighted by Gasteiger charge is 2.34. The van der Waals surface area contributed by atoms with Gasteiger partial charge >= 0.3 is 0 Å². The average Bonchev–Trinajstić information content (AvgIpc) is 2.82. The number of nitrogens with zero attached hydrogens (tertiary/aromatic N) is 4. The van der Waals surface area contributed by atoms with Crippen LogP contribution in [0.25, 0.3) is 5.57 Å². The maximum absolute atomic E-state index is 9.03. The van der Waals surface area contributed by atoms with Crippen molar-refractivity contribution in [2.45, 2.75) is 12.3 Å². The van der Waals surface area contributed by atoms with E-state index in [-0.39, 0.29) is 11.5 Å². The third kappa shape index (κ3) is 1.93. The highest BCUT2D eigenvalue weighted by molar-refractivity contribution is 5.81. The van der Waals surface area contributed by atoms with E-state index in [9.17, 15) is 0 Å². The summed E-state index contributed by atoms with van der Waals surface area (Å²) in [6.07, 6.45) is 0.390. The molecule has 2 rings (SSSR count). The number of fused-ring (bicyclic) bond motifs is 1. The predicted octanol–water partition coefficient (Wildman–Crippen LogP) is 2.64. The standard InChI is InChI=1S/C15H8N4/c16-6-10(7-17)14-5-15(11(8-18)9-19)13-4-2-1-3-12(13)14/h1-4,10,14H,5H2. The molecule has 1 aliphatic rings. The molecule has 0 amide bonds. The lowest BCUT2D eigenvalue weighted by atomic mass is 9.89. The number of hydrogen-bond acceptors (Lipinski definition) is 4. The summed E-state index contributed by atoms with van der Waals surface area (Å²) in [6, 6.07) is 15.1. The Labute approximate surface area is 111 Å². The van der Waals surface area contributed by atoms with Gasteiger partial charge in [-0.1, -0.05) is 24.3 Å². The summed E-state index contributed by atoms with van der Waals surface area (Å²) in [5.74, 6) is -1.03. The van der Waals surface area contributed by atoms with E-state index >= 15 is 0 Å². The van der Waals surface area contributed by atoms with Crippen molar-refractivity contribution in [2.75, 3.05) is 0 Å². The Hall–Kier alpha value is -3.08. The van der Waals surface area contributed by atoms with Crippen molar-refractivity contribution in [1.82, 2.24) is 0 Å². The maximum Gasteiger partial charge on any atom is 0.140 e. The topological polar surface area (TPSA) is 95.2 Å². The Kier molecular flexibility index (Phi) is 3.29. The first kappa shape index (κ1) is 12.4. The number of allylic oxidation sites excluding steroid dienone is 2. The van der Waals surface area contributed by atoms with Gasteiger partial charge in [-0.05, 0) is 23.1 Å². The Morgan fingerprint density at radius 3 is 2.26 bits per heavy atom. The fourth-order valence-corrected chi connectivity index (χ4v) is 2.44. The maximum atomic E-state index is 9.03. The van der Waals surface area contributed by atoms with E-state index in [1.807, 2.05) is 48.5 Å². The largest absolute Gasteiger partial charge is 0.197 e. The van der Waals surface area contributed by atoms with E-state index in [0.717, 1.165) is 11.1 Å². The van der Waals surface area contributed by atoms with Crippen LogP contribution in [-0.4, -0.2) is 0 Å². The van der Waals surface area contributed by atoms with E-state index < -0.39 is 5.92 Å². The summed E-state index contributed by atoms with van der Waals surface area (Å²) in [6.45, 7) is 0. The third-order valence-electron chi connectivity index (χ3n) is 3.32. The van der Waals surface area contributed by atoms with Crippen LogP contribution in [0.1, 0.15) is 23.5 Å². The number of benzene rings is 1. The van der Waals surface area contributed by atoms with Crippen LogP contribution in [-0.2, 0) is 0 Å². The molecular formula is C15H8N4. The van der Waals surface area contributed by atoms with Crippen molar-refractivity contribution in [3.05, 3.63) is 41.0 Å². The third-order valence-corrected chi connectivity index (χ3v) is 3.32. The summed E-state index contributed by atoms with van der Waals surface area (Å²) in [5, 5.41) is 36.0. The molecule has 1 aromatic rings. The lowest BCUT2D eigenvalue weighted by Gasteiger charge is -2.10. The van der Waals surface area contributed by atoms with Gasteiger partial charge in [0.05, 0.1) is 12.1 Å². The first-order valence-electron chi connectivity index (χ1n) is 5.68. The number of hydrogen-bond donors (Lipinski definition) is 0. The first-order chi connectivity index (χ1) is 9.26. The first-order valence-corrected chi connectivity index (χ1v) is 5.68. The fraction of sp³-hybridized carbons (Fsp3) is 0.200. The van der Waals surface area contributed by atoms with Crippen LogP contribution in [0.2, 0.25) is 0 Å². The zero-order valence-corrected chi connectivity index (χ0v) is 9.96. The van der Waals surface area contributed by atoms with Crippen molar-refractivity contribution >= 4 is 5.57 Å². The lowest BCUT2D eigenvalue weighted by molar-refractivity contribution is 0.646. The quantitative estimate of drug-likeness (QED) is 0.709. The highest BCUT2D eigenvalue weighted by Crippen LogP contribution is 2.45. The van der Waals surface area contributed by atoms with Crippen molar-refractivity contribution in [3.8, 4) is 24.3 Å². The van der Waals surface area contributed by atoms with E-state index in [2.05, 4.69) is 0 Å². The Balaban J connectivity index is 2.63. The van der Waals surface area contributed by atoms with Crippen molar-refractivity contribution in [3.63, 3.8) is 0 Å². The van der Waals surface area contributed by atoms with Gasteiger partial charge in [-0.2, -0.15) is 21.0 Å². The van der Waals surface area contributed by atoms with E-state index in [4.69, 9.17) is 21.0 Å². The monoisotopic (exact) mass is 244 g/mol. The predicted molar refractivity (Wildman–Crippen MR) is 66.7 cm³/mol.